The van der Waals surface area contributed by atoms with Crippen molar-refractivity contribution >= 4 is 17.7 Å². The Morgan fingerprint density at radius 3 is 2.77 bits per heavy atom. The van der Waals surface area contributed by atoms with Crippen molar-refractivity contribution in [2.45, 2.75) is 24.0 Å². The van der Waals surface area contributed by atoms with Gasteiger partial charge in [0.25, 0.3) is 0 Å². The Hall–Kier alpha value is -3.00. The van der Waals surface area contributed by atoms with Gasteiger partial charge < -0.3 is 14.4 Å². The summed E-state index contributed by atoms with van der Waals surface area (Å²) in [6.45, 7) is 0.732. The monoisotopic (exact) mass is 424 g/mol. The summed E-state index contributed by atoms with van der Waals surface area (Å²) < 4.78 is 12.6. The second-order valence-corrected chi connectivity index (χ2v) is 7.89. The molecule has 2 aromatic carbocycles. The van der Waals surface area contributed by atoms with E-state index in [0.717, 1.165) is 42.1 Å². The third kappa shape index (κ3) is 4.28. The minimum absolute atomic E-state index is 0.0158. The van der Waals surface area contributed by atoms with Gasteiger partial charge in [-0.2, -0.15) is 0 Å². The number of ether oxygens (including phenoxy) is 2. The highest BCUT2D eigenvalue weighted by atomic mass is 32.2. The van der Waals surface area contributed by atoms with Crippen LogP contribution in [0.25, 0.3) is 5.69 Å². The van der Waals surface area contributed by atoms with E-state index in [4.69, 9.17) is 9.47 Å². The van der Waals surface area contributed by atoms with Crippen LogP contribution in [0.3, 0.4) is 0 Å². The van der Waals surface area contributed by atoms with Crippen molar-refractivity contribution in [3.05, 3.63) is 60.4 Å². The van der Waals surface area contributed by atoms with Crippen LogP contribution in [0.2, 0.25) is 0 Å². The van der Waals surface area contributed by atoms with Gasteiger partial charge in [-0.15, -0.1) is 5.10 Å². The zero-order valence-corrected chi connectivity index (χ0v) is 17.8. The van der Waals surface area contributed by atoms with Gasteiger partial charge in [0, 0.05) is 12.1 Å². The molecule has 1 unspecified atom stereocenters. The molecule has 1 aromatic heterocycles. The SMILES string of the molecule is COc1ccc(OC)c(C2CCCN2C(=O)CSc2ncn(-c3ccccc3)n2)c1. The highest BCUT2D eigenvalue weighted by molar-refractivity contribution is 7.99. The standard InChI is InChI=1S/C22H24N4O3S/c1-28-17-10-11-20(29-2)18(13-17)19-9-6-12-25(19)21(27)14-30-22-23-15-26(24-22)16-7-4-3-5-8-16/h3-5,7-8,10-11,13,15,19H,6,9,12,14H2,1-2H3. The topological polar surface area (TPSA) is 69.5 Å². The van der Waals surface area contributed by atoms with Crippen LogP contribution in [-0.2, 0) is 4.79 Å². The number of hydrogen-bond donors (Lipinski definition) is 0. The van der Waals surface area contributed by atoms with E-state index in [1.165, 1.54) is 11.8 Å². The van der Waals surface area contributed by atoms with Crippen molar-refractivity contribution < 1.29 is 14.3 Å². The number of para-hydroxylation sites is 1. The number of amides is 1. The molecule has 0 spiro atoms. The van der Waals surface area contributed by atoms with Crippen molar-refractivity contribution in [1.82, 2.24) is 19.7 Å². The first-order valence-corrected chi connectivity index (χ1v) is 10.8. The van der Waals surface area contributed by atoms with E-state index < -0.39 is 0 Å². The minimum atomic E-state index is -0.0158. The van der Waals surface area contributed by atoms with Gasteiger partial charge in [0.05, 0.1) is 31.7 Å². The van der Waals surface area contributed by atoms with Crippen LogP contribution in [0.5, 0.6) is 11.5 Å². The van der Waals surface area contributed by atoms with Gasteiger partial charge in [-0.05, 0) is 43.2 Å². The molecular formula is C22H24N4O3S. The summed E-state index contributed by atoms with van der Waals surface area (Å²) in [6.07, 6.45) is 3.53. The lowest BCUT2D eigenvalue weighted by Crippen LogP contribution is -2.32. The van der Waals surface area contributed by atoms with Gasteiger partial charge in [-0.1, -0.05) is 30.0 Å². The van der Waals surface area contributed by atoms with E-state index in [9.17, 15) is 4.79 Å². The molecule has 1 aliphatic heterocycles. The first-order chi connectivity index (χ1) is 14.7. The zero-order valence-electron chi connectivity index (χ0n) is 17.0. The van der Waals surface area contributed by atoms with E-state index in [1.807, 2.05) is 53.4 Å². The van der Waals surface area contributed by atoms with E-state index >= 15 is 0 Å². The Kier molecular flexibility index (Phi) is 6.23. The molecule has 0 N–H and O–H groups in total. The average molecular weight is 425 g/mol. The summed E-state index contributed by atoms with van der Waals surface area (Å²) in [7, 11) is 3.29. The number of likely N-dealkylation sites (tertiary alicyclic amines) is 1. The van der Waals surface area contributed by atoms with Crippen LogP contribution in [0.1, 0.15) is 24.4 Å². The van der Waals surface area contributed by atoms with Crippen LogP contribution in [0.4, 0.5) is 0 Å². The molecule has 1 amide bonds. The maximum Gasteiger partial charge on any atom is 0.233 e. The fraction of sp³-hybridized carbons (Fsp3) is 0.318. The zero-order chi connectivity index (χ0) is 20.9. The van der Waals surface area contributed by atoms with Gasteiger partial charge in [0.15, 0.2) is 0 Å². The lowest BCUT2D eigenvalue weighted by molar-refractivity contribution is -0.129. The smallest absolute Gasteiger partial charge is 0.233 e. The summed E-state index contributed by atoms with van der Waals surface area (Å²) in [5, 5.41) is 5.05. The summed E-state index contributed by atoms with van der Waals surface area (Å²) in [5.41, 5.74) is 1.92. The number of rotatable bonds is 7. The lowest BCUT2D eigenvalue weighted by atomic mass is 10.0. The third-order valence-electron chi connectivity index (χ3n) is 5.19. The lowest BCUT2D eigenvalue weighted by Gasteiger charge is -2.26. The Labute approximate surface area is 180 Å². The van der Waals surface area contributed by atoms with Crippen LogP contribution in [-0.4, -0.2) is 52.1 Å². The molecule has 7 nitrogen and oxygen atoms in total. The molecule has 156 valence electrons. The molecule has 2 heterocycles. The molecule has 0 saturated carbocycles. The van der Waals surface area contributed by atoms with Crippen molar-refractivity contribution in [2.24, 2.45) is 0 Å². The largest absolute Gasteiger partial charge is 0.497 e. The molecule has 0 bridgehead atoms. The van der Waals surface area contributed by atoms with E-state index in [-0.39, 0.29) is 11.9 Å². The molecule has 3 aromatic rings. The van der Waals surface area contributed by atoms with Gasteiger partial charge in [-0.3, -0.25) is 4.79 Å². The molecule has 1 aliphatic rings. The van der Waals surface area contributed by atoms with Crippen molar-refractivity contribution in [1.29, 1.82) is 0 Å². The maximum atomic E-state index is 13.0. The van der Waals surface area contributed by atoms with E-state index in [2.05, 4.69) is 10.1 Å². The maximum absolute atomic E-state index is 13.0. The van der Waals surface area contributed by atoms with E-state index in [0.29, 0.717) is 10.9 Å². The predicted molar refractivity (Wildman–Crippen MR) is 115 cm³/mol. The molecule has 1 atom stereocenters. The summed E-state index contributed by atoms with van der Waals surface area (Å²) >= 11 is 1.36. The summed E-state index contributed by atoms with van der Waals surface area (Å²) in [4.78, 5) is 19.3. The fourth-order valence-corrected chi connectivity index (χ4v) is 4.40. The Morgan fingerprint density at radius 1 is 1.17 bits per heavy atom. The molecule has 4 rings (SSSR count). The summed E-state index contributed by atoms with van der Waals surface area (Å²) in [5.74, 6) is 1.90. The molecule has 0 aliphatic carbocycles. The first kappa shape index (κ1) is 20.3. The third-order valence-corrected chi connectivity index (χ3v) is 6.02. The second kappa shape index (κ2) is 9.21. The van der Waals surface area contributed by atoms with E-state index in [1.54, 1.807) is 25.2 Å². The molecule has 1 saturated heterocycles. The van der Waals surface area contributed by atoms with Crippen LogP contribution >= 0.6 is 11.8 Å². The number of carbonyl (C=O) groups is 1. The quantitative estimate of drug-likeness (QED) is 0.538. The number of nitrogens with zero attached hydrogens (tertiary/aromatic N) is 4. The Morgan fingerprint density at radius 2 is 2.00 bits per heavy atom. The van der Waals surface area contributed by atoms with Gasteiger partial charge in [-0.25, -0.2) is 9.67 Å². The Balaban J connectivity index is 1.44. The van der Waals surface area contributed by atoms with Gasteiger partial charge >= 0.3 is 0 Å². The van der Waals surface area contributed by atoms with Crippen LogP contribution < -0.4 is 9.47 Å². The normalized spacial score (nSPS) is 15.9. The van der Waals surface area contributed by atoms with Crippen molar-refractivity contribution in [3.63, 3.8) is 0 Å². The summed E-state index contributed by atoms with van der Waals surface area (Å²) in [6, 6.07) is 15.5. The molecule has 1 fully saturated rings. The Bertz CT molecular complexity index is 1010. The fourth-order valence-electron chi connectivity index (χ4n) is 3.72. The highest BCUT2D eigenvalue weighted by Gasteiger charge is 2.32. The second-order valence-electron chi connectivity index (χ2n) is 6.95. The van der Waals surface area contributed by atoms with Crippen LogP contribution in [0, 0.1) is 0 Å². The number of carbonyl (C=O) groups excluding carboxylic acids is 1. The van der Waals surface area contributed by atoms with Gasteiger partial charge in [0.1, 0.15) is 17.8 Å². The number of hydrogen-bond acceptors (Lipinski definition) is 6. The number of methoxy groups -OCH3 is 2. The molecular weight excluding hydrogens is 400 g/mol. The minimum Gasteiger partial charge on any atom is -0.497 e. The van der Waals surface area contributed by atoms with Crippen LogP contribution in [0.15, 0.2) is 60.0 Å². The van der Waals surface area contributed by atoms with Crippen molar-refractivity contribution in [3.8, 4) is 17.2 Å². The first-order valence-electron chi connectivity index (χ1n) is 9.81. The predicted octanol–water partition coefficient (Wildman–Crippen LogP) is 3.74. The average Bonchev–Trinajstić information content (AvgIpc) is 3.47. The number of thioether (sulfide) groups is 1. The molecule has 8 heteroatoms. The molecule has 0 radical (unpaired) electrons. The highest BCUT2D eigenvalue weighted by Crippen LogP contribution is 2.39. The van der Waals surface area contributed by atoms with Gasteiger partial charge in [0.2, 0.25) is 11.1 Å². The molecule has 30 heavy (non-hydrogen) atoms. The number of benzene rings is 2. The number of aromatic nitrogens is 3. The van der Waals surface area contributed by atoms with Crippen molar-refractivity contribution in [2.75, 3.05) is 26.5 Å².